The molecule has 2 rings (SSSR count). The van der Waals surface area contributed by atoms with Crippen molar-refractivity contribution in [1.82, 2.24) is 19.6 Å². The number of aromatic nitrogens is 2. The SMILES string of the molecule is Cc1c(Cl)c(C(=O)N2CCCN(C(=O)OC(C)(C)C)CC2)nn1C. The van der Waals surface area contributed by atoms with Crippen molar-refractivity contribution < 1.29 is 14.3 Å². The van der Waals surface area contributed by atoms with Crippen LogP contribution in [0.5, 0.6) is 0 Å². The van der Waals surface area contributed by atoms with Gasteiger partial charge in [-0.25, -0.2) is 4.79 Å². The minimum absolute atomic E-state index is 0.199. The van der Waals surface area contributed by atoms with Gasteiger partial charge in [-0.05, 0) is 34.1 Å². The van der Waals surface area contributed by atoms with Gasteiger partial charge in [-0.15, -0.1) is 0 Å². The zero-order chi connectivity index (χ0) is 18.1. The van der Waals surface area contributed by atoms with Crippen molar-refractivity contribution in [1.29, 1.82) is 0 Å². The average molecular weight is 357 g/mol. The summed E-state index contributed by atoms with van der Waals surface area (Å²) in [6, 6.07) is 0. The van der Waals surface area contributed by atoms with Gasteiger partial charge in [0.1, 0.15) is 5.60 Å². The zero-order valence-electron chi connectivity index (χ0n) is 14.9. The first-order chi connectivity index (χ1) is 11.1. The number of nitrogens with zero attached hydrogens (tertiary/aromatic N) is 4. The Balaban J connectivity index is 2.04. The van der Waals surface area contributed by atoms with Gasteiger partial charge in [0.05, 0.1) is 10.7 Å². The summed E-state index contributed by atoms with van der Waals surface area (Å²) in [6.45, 7) is 9.32. The Hall–Kier alpha value is -1.76. The van der Waals surface area contributed by atoms with Crippen molar-refractivity contribution in [2.45, 2.75) is 39.7 Å². The third-order valence-electron chi connectivity index (χ3n) is 3.90. The maximum atomic E-state index is 12.7. The summed E-state index contributed by atoms with van der Waals surface area (Å²) in [4.78, 5) is 28.2. The number of rotatable bonds is 1. The number of halogens is 1. The molecular formula is C16H25ClN4O3. The van der Waals surface area contributed by atoms with E-state index in [0.29, 0.717) is 37.6 Å². The molecule has 2 amide bonds. The number of hydrogen-bond acceptors (Lipinski definition) is 4. The van der Waals surface area contributed by atoms with Gasteiger partial charge in [0.15, 0.2) is 5.69 Å². The molecule has 1 aromatic heterocycles. The normalized spacial score (nSPS) is 16.1. The van der Waals surface area contributed by atoms with Crippen LogP contribution in [0.1, 0.15) is 43.4 Å². The first-order valence-electron chi connectivity index (χ1n) is 8.06. The van der Waals surface area contributed by atoms with E-state index in [9.17, 15) is 9.59 Å². The second-order valence-corrected chi connectivity index (χ2v) is 7.36. The van der Waals surface area contributed by atoms with E-state index in [1.54, 1.807) is 21.5 Å². The highest BCUT2D eigenvalue weighted by Gasteiger charge is 2.28. The quantitative estimate of drug-likeness (QED) is 0.775. The van der Waals surface area contributed by atoms with Gasteiger partial charge in [0, 0.05) is 33.2 Å². The van der Waals surface area contributed by atoms with Crippen LogP contribution in [0.25, 0.3) is 0 Å². The fourth-order valence-corrected chi connectivity index (χ4v) is 2.74. The second kappa shape index (κ2) is 7.01. The molecule has 1 saturated heterocycles. The van der Waals surface area contributed by atoms with Crippen molar-refractivity contribution in [3.8, 4) is 0 Å². The van der Waals surface area contributed by atoms with Gasteiger partial charge in [0.25, 0.3) is 5.91 Å². The third-order valence-corrected chi connectivity index (χ3v) is 4.35. The highest BCUT2D eigenvalue weighted by molar-refractivity contribution is 6.34. The molecule has 0 atom stereocenters. The number of aryl methyl sites for hydroxylation is 1. The lowest BCUT2D eigenvalue weighted by Crippen LogP contribution is -2.40. The van der Waals surface area contributed by atoms with Crippen molar-refractivity contribution in [2.24, 2.45) is 7.05 Å². The molecule has 0 aliphatic carbocycles. The summed E-state index contributed by atoms with van der Waals surface area (Å²) in [5.41, 5.74) is 0.491. The highest BCUT2D eigenvalue weighted by Crippen LogP contribution is 2.21. The Labute approximate surface area is 147 Å². The molecule has 7 nitrogen and oxygen atoms in total. The van der Waals surface area contributed by atoms with E-state index in [4.69, 9.17) is 16.3 Å². The number of carbonyl (C=O) groups excluding carboxylic acids is 2. The van der Waals surface area contributed by atoms with Crippen LogP contribution in [0.3, 0.4) is 0 Å². The van der Waals surface area contributed by atoms with Gasteiger partial charge >= 0.3 is 6.09 Å². The first kappa shape index (κ1) is 18.6. The monoisotopic (exact) mass is 356 g/mol. The van der Waals surface area contributed by atoms with E-state index in [1.807, 2.05) is 27.7 Å². The van der Waals surface area contributed by atoms with Crippen LogP contribution < -0.4 is 0 Å². The molecule has 8 heteroatoms. The topological polar surface area (TPSA) is 67.7 Å². The fraction of sp³-hybridized carbons (Fsp3) is 0.688. The van der Waals surface area contributed by atoms with E-state index < -0.39 is 5.60 Å². The van der Waals surface area contributed by atoms with Crippen molar-refractivity contribution >= 4 is 23.6 Å². The number of ether oxygens (including phenoxy) is 1. The van der Waals surface area contributed by atoms with Gasteiger partial charge in [-0.1, -0.05) is 11.6 Å². The molecule has 134 valence electrons. The van der Waals surface area contributed by atoms with Crippen LogP contribution in [0.15, 0.2) is 0 Å². The van der Waals surface area contributed by atoms with E-state index in [0.717, 1.165) is 5.69 Å². The lowest BCUT2D eigenvalue weighted by Gasteiger charge is -2.26. The smallest absolute Gasteiger partial charge is 0.410 e. The van der Waals surface area contributed by atoms with E-state index >= 15 is 0 Å². The molecule has 0 bridgehead atoms. The van der Waals surface area contributed by atoms with Crippen LogP contribution in [-0.2, 0) is 11.8 Å². The molecular weight excluding hydrogens is 332 g/mol. The second-order valence-electron chi connectivity index (χ2n) is 6.98. The van der Waals surface area contributed by atoms with E-state index in [-0.39, 0.29) is 17.7 Å². The summed E-state index contributed by atoms with van der Waals surface area (Å²) in [5.74, 6) is -0.199. The molecule has 0 N–H and O–H groups in total. The summed E-state index contributed by atoms with van der Waals surface area (Å²) in [7, 11) is 1.75. The largest absolute Gasteiger partial charge is 0.444 e. The van der Waals surface area contributed by atoms with Gasteiger partial charge in [-0.3, -0.25) is 9.48 Å². The van der Waals surface area contributed by atoms with Gasteiger partial charge in [0.2, 0.25) is 0 Å². The van der Waals surface area contributed by atoms with Crippen LogP contribution in [0.2, 0.25) is 5.02 Å². The zero-order valence-corrected chi connectivity index (χ0v) is 15.7. The molecule has 0 aromatic carbocycles. The molecule has 1 aliphatic heterocycles. The number of hydrogen-bond donors (Lipinski definition) is 0. The molecule has 0 spiro atoms. The lowest BCUT2D eigenvalue weighted by molar-refractivity contribution is 0.0255. The van der Waals surface area contributed by atoms with Gasteiger partial charge < -0.3 is 14.5 Å². The van der Waals surface area contributed by atoms with Crippen LogP contribution in [-0.4, -0.2) is 63.4 Å². The Morgan fingerprint density at radius 3 is 2.25 bits per heavy atom. The molecule has 0 unspecified atom stereocenters. The molecule has 0 radical (unpaired) electrons. The molecule has 24 heavy (non-hydrogen) atoms. The van der Waals surface area contributed by atoms with Crippen LogP contribution in [0, 0.1) is 6.92 Å². The third kappa shape index (κ3) is 4.20. The molecule has 1 aliphatic rings. The summed E-state index contributed by atoms with van der Waals surface area (Å²) < 4.78 is 7.00. The summed E-state index contributed by atoms with van der Waals surface area (Å²) in [6.07, 6.45) is 0.345. The highest BCUT2D eigenvalue weighted by atomic mass is 35.5. The van der Waals surface area contributed by atoms with Gasteiger partial charge in [-0.2, -0.15) is 5.10 Å². The van der Waals surface area contributed by atoms with Crippen LogP contribution in [0.4, 0.5) is 4.79 Å². The van der Waals surface area contributed by atoms with Crippen molar-refractivity contribution in [3.63, 3.8) is 0 Å². The molecule has 1 aromatic rings. The maximum Gasteiger partial charge on any atom is 0.410 e. The summed E-state index contributed by atoms with van der Waals surface area (Å²) in [5, 5.41) is 4.59. The predicted molar refractivity (Wildman–Crippen MR) is 91.3 cm³/mol. The average Bonchev–Trinajstić information content (AvgIpc) is 2.70. The minimum atomic E-state index is -0.530. The Kier molecular flexibility index (Phi) is 5.42. The molecule has 0 saturated carbocycles. The number of amides is 2. The standard InChI is InChI=1S/C16H25ClN4O3/c1-11-12(17)13(18-19(11)5)14(22)20-7-6-8-21(10-9-20)15(23)24-16(2,3)4/h6-10H2,1-5H3. The fourth-order valence-electron chi connectivity index (χ4n) is 2.50. The lowest BCUT2D eigenvalue weighted by atomic mass is 10.2. The number of carbonyl (C=O) groups is 2. The molecule has 2 heterocycles. The minimum Gasteiger partial charge on any atom is -0.444 e. The first-order valence-corrected chi connectivity index (χ1v) is 8.44. The van der Waals surface area contributed by atoms with Crippen LogP contribution >= 0.6 is 11.6 Å². The maximum absolute atomic E-state index is 12.7. The Bertz CT molecular complexity index is 636. The van der Waals surface area contributed by atoms with Crippen molar-refractivity contribution in [2.75, 3.05) is 26.2 Å². The summed E-state index contributed by atoms with van der Waals surface area (Å²) >= 11 is 6.21. The van der Waals surface area contributed by atoms with Crippen molar-refractivity contribution in [3.05, 3.63) is 16.4 Å². The Morgan fingerprint density at radius 1 is 1.12 bits per heavy atom. The van der Waals surface area contributed by atoms with E-state index in [1.165, 1.54) is 0 Å². The van der Waals surface area contributed by atoms with E-state index in [2.05, 4.69) is 5.10 Å². The Morgan fingerprint density at radius 2 is 1.71 bits per heavy atom. The predicted octanol–water partition coefficient (Wildman–Crippen LogP) is 2.46. The molecule has 1 fully saturated rings.